The Morgan fingerprint density at radius 2 is 1.79 bits per heavy atom. The summed E-state index contributed by atoms with van der Waals surface area (Å²) in [7, 11) is 1.32. The fourth-order valence-corrected chi connectivity index (χ4v) is 4.55. The molecular weight excluding hydrogens is 425 g/mol. The number of ether oxygens (including phenoxy) is 2. The normalized spacial score (nSPS) is 25.2. The molecule has 0 N–H and O–H groups in total. The molecule has 0 radical (unpaired) electrons. The second kappa shape index (κ2) is 10.4. The summed E-state index contributed by atoms with van der Waals surface area (Å²) in [5.74, 6) is 0.183. The van der Waals surface area contributed by atoms with Crippen molar-refractivity contribution in [2.75, 3.05) is 13.7 Å². The molecule has 174 valence electrons. The molecule has 1 aliphatic carbocycles. The van der Waals surface area contributed by atoms with Gasteiger partial charge in [0.05, 0.1) is 19.8 Å². The van der Waals surface area contributed by atoms with Crippen molar-refractivity contribution >= 4 is 5.57 Å². The van der Waals surface area contributed by atoms with Crippen LogP contribution in [0.3, 0.4) is 0 Å². The number of hydrogen-bond acceptors (Lipinski definition) is 2. The smallest absolute Gasteiger partial charge is 0.192 e. The average molecular weight is 455 g/mol. The van der Waals surface area contributed by atoms with Gasteiger partial charge >= 0.3 is 0 Å². The van der Waals surface area contributed by atoms with Crippen molar-refractivity contribution in [1.82, 2.24) is 0 Å². The first-order valence-electron chi connectivity index (χ1n) is 11.4. The molecule has 2 aliphatic rings. The Labute approximate surface area is 193 Å². The fraction of sp³-hybridized carbons (Fsp3) is 0.357. The molecule has 4 rings (SSSR count). The number of allylic oxidation sites excluding steroid dienone is 5. The Kier molecular flexibility index (Phi) is 7.39. The van der Waals surface area contributed by atoms with Gasteiger partial charge in [0.25, 0.3) is 0 Å². The summed E-state index contributed by atoms with van der Waals surface area (Å²) in [4.78, 5) is 0. The number of alkyl halides is 2. The minimum absolute atomic E-state index is 0.0285. The van der Waals surface area contributed by atoms with Crippen molar-refractivity contribution in [2.24, 2.45) is 5.92 Å². The highest BCUT2D eigenvalue weighted by atomic mass is 19.2. The van der Waals surface area contributed by atoms with Crippen molar-refractivity contribution < 1.29 is 22.6 Å². The van der Waals surface area contributed by atoms with Crippen LogP contribution in [-0.2, 0) is 9.47 Å². The molecule has 0 aromatic heterocycles. The lowest BCUT2D eigenvalue weighted by Gasteiger charge is -2.29. The summed E-state index contributed by atoms with van der Waals surface area (Å²) >= 11 is 0. The summed E-state index contributed by atoms with van der Waals surface area (Å²) in [6.45, 7) is 4.46. The minimum Gasteiger partial charge on any atom is -0.498 e. The zero-order valence-corrected chi connectivity index (χ0v) is 18.8. The predicted octanol–water partition coefficient (Wildman–Crippen LogP) is 7.53. The van der Waals surface area contributed by atoms with E-state index < -0.39 is 12.3 Å². The first-order valence-corrected chi connectivity index (χ1v) is 11.4. The highest BCUT2D eigenvalue weighted by Gasteiger charge is 2.32. The van der Waals surface area contributed by atoms with Crippen molar-refractivity contribution in [3.63, 3.8) is 0 Å². The van der Waals surface area contributed by atoms with E-state index in [9.17, 15) is 13.2 Å². The Morgan fingerprint density at radius 1 is 1.03 bits per heavy atom. The van der Waals surface area contributed by atoms with Gasteiger partial charge in [0.1, 0.15) is 11.6 Å². The van der Waals surface area contributed by atoms with Gasteiger partial charge in [-0.3, -0.25) is 0 Å². The summed E-state index contributed by atoms with van der Waals surface area (Å²) < 4.78 is 54.5. The maximum absolute atomic E-state index is 15.0. The Bertz CT molecular complexity index is 1030. The zero-order valence-electron chi connectivity index (χ0n) is 18.8. The summed E-state index contributed by atoms with van der Waals surface area (Å²) in [6, 6.07) is 12.0. The summed E-state index contributed by atoms with van der Waals surface area (Å²) in [5, 5.41) is 0. The van der Waals surface area contributed by atoms with E-state index in [0.717, 1.165) is 31.2 Å². The quantitative estimate of drug-likeness (QED) is 0.403. The van der Waals surface area contributed by atoms with Crippen LogP contribution in [0.4, 0.5) is 13.2 Å². The molecule has 1 aliphatic heterocycles. The molecule has 4 atom stereocenters. The van der Waals surface area contributed by atoms with Crippen LogP contribution in [0.2, 0.25) is 0 Å². The number of methoxy groups -OCH3 is 1. The van der Waals surface area contributed by atoms with Crippen LogP contribution in [-0.4, -0.2) is 26.1 Å². The molecule has 0 bridgehead atoms. The first-order chi connectivity index (χ1) is 16.0. The van der Waals surface area contributed by atoms with Crippen LogP contribution in [0, 0.1) is 11.7 Å². The molecule has 0 spiro atoms. The Morgan fingerprint density at radius 3 is 2.42 bits per heavy atom. The monoisotopic (exact) mass is 454 g/mol. The van der Waals surface area contributed by atoms with Crippen molar-refractivity contribution in [3.8, 4) is 11.1 Å². The lowest BCUT2D eigenvalue weighted by Crippen LogP contribution is -2.24. The van der Waals surface area contributed by atoms with E-state index >= 15 is 0 Å². The van der Waals surface area contributed by atoms with E-state index in [0.29, 0.717) is 29.2 Å². The van der Waals surface area contributed by atoms with Gasteiger partial charge in [0.2, 0.25) is 0 Å². The molecule has 0 amide bonds. The molecule has 1 fully saturated rings. The molecule has 2 aromatic rings. The maximum Gasteiger partial charge on any atom is 0.192 e. The van der Waals surface area contributed by atoms with Gasteiger partial charge in [-0.1, -0.05) is 48.6 Å². The van der Waals surface area contributed by atoms with Crippen molar-refractivity contribution in [2.45, 2.75) is 44.1 Å². The van der Waals surface area contributed by atoms with E-state index in [2.05, 4.69) is 6.58 Å². The van der Waals surface area contributed by atoms with Gasteiger partial charge in [-0.05, 0) is 66.0 Å². The minimum atomic E-state index is -1.83. The second-order valence-corrected chi connectivity index (χ2v) is 8.65. The van der Waals surface area contributed by atoms with Gasteiger partial charge in [0.15, 0.2) is 12.3 Å². The van der Waals surface area contributed by atoms with Gasteiger partial charge in [-0.15, -0.1) is 6.58 Å². The SMILES string of the molecule is C=CCCC1CCC(c2ccc(-c3ccc(C4=CC=C(OC)C(F)C4F)cc3)c(F)c2)OC1. The highest BCUT2D eigenvalue weighted by molar-refractivity contribution is 5.75. The molecule has 1 saturated heterocycles. The van der Waals surface area contributed by atoms with Crippen LogP contribution >= 0.6 is 0 Å². The van der Waals surface area contributed by atoms with Gasteiger partial charge in [-0.2, -0.15) is 0 Å². The fourth-order valence-electron chi connectivity index (χ4n) is 4.55. The topological polar surface area (TPSA) is 18.5 Å². The van der Waals surface area contributed by atoms with Crippen LogP contribution < -0.4 is 0 Å². The third kappa shape index (κ3) is 5.09. The lowest BCUT2D eigenvalue weighted by atomic mass is 9.90. The lowest BCUT2D eigenvalue weighted by molar-refractivity contribution is -0.0191. The molecule has 1 heterocycles. The third-order valence-electron chi connectivity index (χ3n) is 6.53. The molecular formula is C28H29F3O2. The first kappa shape index (κ1) is 23.4. The van der Waals surface area contributed by atoms with Gasteiger partial charge in [-0.25, -0.2) is 13.2 Å². The zero-order chi connectivity index (χ0) is 23.4. The number of rotatable bonds is 7. The summed E-state index contributed by atoms with van der Waals surface area (Å²) in [6.07, 6.45) is 5.18. The highest BCUT2D eigenvalue weighted by Crippen LogP contribution is 2.36. The molecule has 4 unspecified atom stereocenters. The van der Waals surface area contributed by atoms with E-state index in [4.69, 9.17) is 9.47 Å². The largest absolute Gasteiger partial charge is 0.498 e. The number of benzene rings is 2. The number of halogens is 3. The van der Waals surface area contributed by atoms with E-state index in [1.54, 1.807) is 36.4 Å². The molecule has 33 heavy (non-hydrogen) atoms. The van der Waals surface area contributed by atoms with E-state index in [1.807, 2.05) is 12.1 Å². The standard InChI is InChI=1S/C28H29F3O2/c1-3-4-5-18-6-14-25(33-17-18)21-11-12-22(24(29)16-21)19-7-9-20(10-8-19)23-13-15-26(32-2)28(31)27(23)30/h3,7-13,15-16,18,25,27-28H,1,4-6,14,17H2,2H3. The molecule has 2 aromatic carbocycles. The third-order valence-corrected chi connectivity index (χ3v) is 6.53. The molecule has 0 saturated carbocycles. The molecule has 2 nitrogen and oxygen atoms in total. The maximum atomic E-state index is 15.0. The molecule has 5 heteroatoms. The van der Waals surface area contributed by atoms with Crippen molar-refractivity contribution in [3.05, 3.63) is 90.0 Å². The number of hydrogen-bond donors (Lipinski definition) is 0. The Balaban J connectivity index is 1.46. The van der Waals surface area contributed by atoms with Crippen LogP contribution in [0.5, 0.6) is 0 Å². The Hall–Kier alpha value is -2.79. The van der Waals surface area contributed by atoms with E-state index in [1.165, 1.54) is 19.3 Å². The predicted molar refractivity (Wildman–Crippen MR) is 126 cm³/mol. The van der Waals surface area contributed by atoms with Gasteiger partial charge in [0, 0.05) is 5.56 Å². The van der Waals surface area contributed by atoms with Crippen LogP contribution in [0.25, 0.3) is 16.7 Å². The van der Waals surface area contributed by atoms with Crippen molar-refractivity contribution in [1.29, 1.82) is 0 Å². The summed E-state index contributed by atoms with van der Waals surface area (Å²) in [5.41, 5.74) is 2.78. The van der Waals surface area contributed by atoms with Gasteiger partial charge < -0.3 is 9.47 Å². The van der Waals surface area contributed by atoms with E-state index in [-0.39, 0.29) is 23.3 Å². The van der Waals surface area contributed by atoms with Crippen LogP contribution in [0.1, 0.15) is 42.9 Å². The second-order valence-electron chi connectivity index (χ2n) is 8.65. The van der Waals surface area contributed by atoms with Crippen LogP contribution in [0.15, 0.2) is 73.0 Å². The average Bonchev–Trinajstić information content (AvgIpc) is 2.85.